The Bertz CT molecular complexity index is 883. The number of rotatable bonds is 4. The maximum Gasteiger partial charge on any atom is 0.417 e. The average Bonchev–Trinajstić information content (AvgIpc) is 2.58. The highest BCUT2D eigenvalue weighted by molar-refractivity contribution is 6.31. The first-order chi connectivity index (χ1) is 11.8. The second kappa shape index (κ2) is 7.51. The number of halogens is 4. The molecule has 6 nitrogen and oxygen atoms in total. The lowest BCUT2D eigenvalue weighted by Gasteiger charge is -2.12. The van der Waals surface area contributed by atoms with Crippen LogP contribution in [0.25, 0.3) is 0 Å². The van der Waals surface area contributed by atoms with Crippen LogP contribution in [-0.2, 0) is 6.18 Å². The quantitative estimate of drug-likeness (QED) is 0.641. The van der Waals surface area contributed by atoms with Crippen LogP contribution in [0, 0.1) is 22.7 Å². The maximum atomic E-state index is 12.6. The van der Waals surface area contributed by atoms with Gasteiger partial charge in [-0.2, -0.15) is 28.8 Å². The van der Waals surface area contributed by atoms with E-state index in [0.29, 0.717) is 12.3 Å². The Morgan fingerprint density at radius 1 is 1.24 bits per heavy atom. The first kappa shape index (κ1) is 18.0. The largest absolute Gasteiger partial charge is 0.435 e. The van der Waals surface area contributed by atoms with E-state index in [1.807, 2.05) is 0 Å². The topological polar surface area (TPSA) is 94.1 Å². The molecule has 25 heavy (non-hydrogen) atoms. The van der Waals surface area contributed by atoms with Crippen LogP contribution in [0.4, 0.5) is 18.9 Å². The molecule has 0 spiro atoms. The number of nitrogens with zero attached hydrogens (tertiary/aromatic N) is 4. The molecule has 2 aromatic rings. The number of hydrogen-bond donors (Lipinski definition) is 1. The van der Waals surface area contributed by atoms with Gasteiger partial charge in [0.2, 0.25) is 11.6 Å². The summed E-state index contributed by atoms with van der Waals surface area (Å²) < 4.78 is 43.3. The number of pyridine rings is 1. The molecular weight excluding hydrogens is 359 g/mol. The molecule has 0 aliphatic carbocycles. The maximum absolute atomic E-state index is 12.6. The summed E-state index contributed by atoms with van der Waals surface area (Å²) >= 11 is 5.79. The number of aromatic nitrogens is 1. The van der Waals surface area contributed by atoms with Gasteiger partial charge in [0.1, 0.15) is 17.2 Å². The van der Waals surface area contributed by atoms with Crippen LogP contribution in [0.1, 0.15) is 5.56 Å². The van der Waals surface area contributed by atoms with Crippen molar-refractivity contribution in [3.05, 3.63) is 47.1 Å². The summed E-state index contributed by atoms with van der Waals surface area (Å²) in [7, 11) is 0. The van der Waals surface area contributed by atoms with Gasteiger partial charge in [-0.1, -0.05) is 23.7 Å². The Kier molecular flexibility index (Phi) is 5.42. The van der Waals surface area contributed by atoms with Crippen molar-refractivity contribution in [2.24, 2.45) is 5.10 Å². The highest BCUT2D eigenvalue weighted by Crippen LogP contribution is 2.36. The molecule has 2 rings (SSSR count). The van der Waals surface area contributed by atoms with Crippen molar-refractivity contribution in [3.8, 4) is 23.8 Å². The molecule has 10 heteroatoms. The van der Waals surface area contributed by atoms with Crippen molar-refractivity contribution in [2.45, 2.75) is 6.18 Å². The van der Waals surface area contributed by atoms with Gasteiger partial charge in [0.25, 0.3) is 0 Å². The van der Waals surface area contributed by atoms with E-state index in [1.165, 1.54) is 12.1 Å². The third-order valence-corrected chi connectivity index (χ3v) is 3.00. The second-order valence-corrected chi connectivity index (χ2v) is 4.81. The van der Waals surface area contributed by atoms with Gasteiger partial charge in [0.05, 0.1) is 11.3 Å². The number of hydrogen-bond acceptors (Lipinski definition) is 6. The molecular formula is C15H7ClF3N5O. The molecule has 0 aliphatic rings. The zero-order valence-electron chi connectivity index (χ0n) is 12.2. The summed E-state index contributed by atoms with van der Waals surface area (Å²) in [4.78, 5) is 3.57. The van der Waals surface area contributed by atoms with Crippen LogP contribution >= 0.6 is 11.6 Å². The summed E-state index contributed by atoms with van der Waals surface area (Å²) in [6.07, 6.45) is -3.98. The van der Waals surface area contributed by atoms with E-state index in [2.05, 4.69) is 15.5 Å². The number of anilines is 1. The molecule has 0 radical (unpaired) electrons. The lowest BCUT2D eigenvalue weighted by molar-refractivity contribution is -0.137. The van der Waals surface area contributed by atoms with E-state index < -0.39 is 17.5 Å². The summed E-state index contributed by atoms with van der Waals surface area (Å²) in [5.41, 5.74) is 1.29. The third-order valence-electron chi connectivity index (χ3n) is 2.73. The molecule has 0 bridgehead atoms. The molecule has 0 atom stereocenters. The van der Waals surface area contributed by atoms with Crippen LogP contribution in [0.5, 0.6) is 11.6 Å². The Balaban J connectivity index is 2.29. The molecule has 0 unspecified atom stereocenters. The molecule has 1 aromatic carbocycles. The summed E-state index contributed by atoms with van der Waals surface area (Å²) in [6, 6.07) is 10.0. The Morgan fingerprint density at radius 2 is 1.92 bits per heavy atom. The smallest absolute Gasteiger partial charge is 0.417 e. The van der Waals surface area contributed by atoms with Crippen molar-refractivity contribution in [1.82, 2.24) is 4.98 Å². The summed E-state index contributed by atoms with van der Waals surface area (Å²) in [5, 5.41) is 20.5. The minimum atomic E-state index is -4.58. The standard InChI is InChI=1S/C15H7ClF3N5O/c16-11-5-9(15(17,18)19)8-22-14(11)25-13-4-2-1-3-12(13)24-23-10(6-20)7-21/h1-5,8,24H. The molecule has 1 heterocycles. The zero-order valence-corrected chi connectivity index (χ0v) is 12.9. The Hall–Kier alpha value is -3.30. The van der Waals surface area contributed by atoms with Crippen LogP contribution < -0.4 is 10.2 Å². The predicted octanol–water partition coefficient (Wildman–Crippen LogP) is 4.36. The summed E-state index contributed by atoms with van der Waals surface area (Å²) in [6.45, 7) is 0. The van der Waals surface area contributed by atoms with Crippen LogP contribution in [0.2, 0.25) is 5.02 Å². The number of nitriles is 2. The molecule has 0 aliphatic heterocycles. The van der Waals surface area contributed by atoms with E-state index in [0.717, 1.165) is 0 Å². The fourth-order valence-corrected chi connectivity index (χ4v) is 1.80. The van der Waals surface area contributed by atoms with E-state index in [-0.39, 0.29) is 22.3 Å². The molecule has 126 valence electrons. The van der Waals surface area contributed by atoms with Gasteiger partial charge in [-0.05, 0) is 18.2 Å². The third kappa shape index (κ3) is 4.59. The van der Waals surface area contributed by atoms with E-state index in [9.17, 15) is 13.2 Å². The number of benzene rings is 1. The molecule has 0 fully saturated rings. The van der Waals surface area contributed by atoms with E-state index in [1.54, 1.807) is 24.3 Å². The Labute approximate surface area is 144 Å². The van der Waals surface area contributed by atoms with Crippen molar-refractivity contribution in [3.63, 3.8) is 0 Å². The molecule has 0 saturated heterocycles. The first-order valence-electron chi connectivity index (χ1n) is 6.48. The molecule has 1 aromatic heterocycles. The van der Waals surface area contributed by atoms with E-state index >= 15 is 0 Å². The van der Waals surface area contributed by atoms with Gasteiger partial charge in [0, 0.05) is 6.20 Å². The van der Waals surface area contributed by atoms with Crippen molar-refractivity contribution >= 4 is 23.0 Å². The highest BCUT2D eigenvalue weighted by atomic mass is 35.5. The van der Waals surface area contributed by atoms with Crippen LogP contribution in [0.3, 0.4) is 0 Å². The van der Waals surface area contributed by atoms with Gasteiger partial charge in [-0.3, -0.25) is 5.43 Å². The van der Waals surface area contributed by atoms with Crippen molar-refractivity contribution in [2.75, 3.05) is 5.43 Å². The molecule has 0 saturated carbocycles. The summed E-state index contributed by atoms with van der Waals surface area (Å²) in [5.74, 6) is -0.107. The zero-order chi connectivity index (χ0) is 18.4. The van der Waals surface area contributed by atoms with Gasteiger partial charge >= 0.3 is 6.18 Å². The SMILES string of the molecule is N#CC(C#N)=NNc1ccccc1Oc1ncc(C(F)(F)F)cc1Cl. The normalized spacial score (nSPS) is 10.3. The van der Waals surface area contributed by atoms with Gasteiger partial charge in [-0.25, -0.2) is 4.98 Å². The minimum absolute atomic E-state index is 0.135. The van der Waals surface area contributed by atoms with E-state index in [4.69, 9.17) is 26.9 Å². The lowest BCUT2D eigenvalue weighted by Crippen LogP contribution is -2.06. The minimum Gasteiger partial charge on any atom is -0.435 e. The monoisotopic (exact) mass is 365 g/mol. The number of alkyl halides is 3. The first-order valence-corrected chi connectivity index (χ1v) is 6.86. The lowest BCUT2D eigenvalue weighted by atomic mass is 10.3. The van der Waals surface area contributed by atoms with Crippen LogP contribution in [0.15, 0.2) is 41.6 Å². The number of nitrogens with one attached hydrogen (secondary N) is 1. The number of hydrazone groups is 1. The van der Waals surface area contributed by atoms with Gasteiger partial charge in [0.15, 0.2) is 5.75 Å². The molecule has 1 N–H and O–H groups in total. The van der Waals surface area contributed by atoms with Gasteiger partial charge in [-0.15, -0.1) is 0 Å². The number of ether oxygens (including phenoxy) is 1. The second-order valence-electron chi connectivity index (χ2n) is 4.40. The number of para-hydroxylation sites is 2. The van der Waals surface area contributed by atoms with Gasteiger partial charge < -0.3 is 4.74 Å². The Morgan fingerprint density at radius 3 is 2.52 bits per heavy atom. The van der Waals surface area contributed by atoms with Crippen molar-refractivity contribution in [1.29, 1.82) is 10.5 Å². The molecule has 0 amide bonds. The van der Waals surface area contributed by atoms with Crippen molar-refractivity contribution < 1.29 is 17.9 Å². The predicted molar refractivity (Wildman–Crippen MR) is 83.0 cm³/mol. The highest BCUT2D eigenvalue weighted by Gasteiger charge is 2.31. The van der Waals surface area contributed by atoms with Crippen LogP contribution in [-0.4, -0.2) is 10.7 Å². The average molecular weight is 366 g/mol. The fraction of sp³-hybridized carbons (Fsp3) is 0.0667. The fourth-order valence-electron chi connectivity index (χ4n) is 1.60.